The summed E-state index contributed by atoms with van der Waals surface area (Å²) in [5, 5.41) is 21.9. The van der Waals surface area contributed by atoms with Crippen LogP contribution in [0.4, 0.5) is 0 Å². The molecule has 2 fully saturated rings. The van der Waals surface area contributed by atoms with Gasteiger partial charge in [-0.1, -0.05) is 0 Å². The van der Waals surface area contributed by atoms with Crippen molar-refractivity contribution in [2.24, 2.45) is 5.92 Å². The van der Waals surface area contributed by atoms with Crippen LogP contribution in [0, 0.1) is 5.92 Å². The molecule has 1 amide bonds. The lowest BCUT2D eigenvalue weighted by Gasteiger charge is -2.26. The zero-order valence-corrected chi connectivity index (χ0v) is 8.72. The summed E-state index contributed by atoms with van der Waals surface area (Å²) in [6.45, 7) is 2.25. The van der Waals surface area contributed by atoms with E-state index in [9.17, 15) is 15.0 Å². The second kappa shape index (κ2) is 4.47. The van der Waals surface area contributed by atoms with Gasteiger partial charge in [-0.3, -0.25) is 4.79 Å². The molecule has 0 radical (unpaired) electrons. The molecule has 3 N–H and O–H groups in total. The molecule has 0 bridgehead atoms. The lowest BCUT2D eigenvalue weighted by molar-refractivity contribution is -0.135. The van der Waals surface area contributed by atoms with Crippen molar-refractivity contribution in [3.63, 3.8) is 0 Å². The Bertz CT molecular complexity index is 231. The molecule has 2 saturated heterocycles. The number of carbonyl (C=O) groups excluding carboxylic acids is 1. The molecule has 0 saturated carbocycles. The van der Waals surface area contributed by atoms with Crippen LogP contribution in [-0.2, 0) is 4.79 Å². The summed E-state index contributed by atoms with van der Waals surface area (Å²) in [4.78, 5) is 13.5. The largest absolute Gasteiger partial charge is 0.388 e. The molecule has 0 aromatic heterocycles. The van der Waals surface area contributed by atoms with Crippen LogP contribution in [0.2, 0.25) is 0 Å². The van der Waals surface area contributed by atoms with Gasteiger partial charge in [0.05, 0.1) is 18.1 Å². The highest BCUT2D eigenvalue weighted by Crippen LogP contribution is 2.18. The quantitative estimate of drug-likeness (QED) is 0.499. The predicted octanol–water partition coefficient (Wildman–Crippen LogP) is -1.45. The number of carbonyl (C=O) groups is 1. The zero-order valence-electron chi connectivity index (χ0n) is 8.72. The van der Waals surface area contributed by atoms with Crippen LogP contribution in [0.15, 0.2) is 0 Å². The number of likely N-dealkylation sites (tertiary alicyclic amines) is 1. The van der Waals surface area contributed by atoms with Crippen molar-refractivity contribution in [1.82, 2.24) is 10.2 Å². The SMILES string of the molecule is O=C([C@@H]1CCCNC1)N1CC(O)C(O)C1. The Morgan fingerprint density at radius 1 is 1.27 bits per heavy atom. The standard InChI is InChI=1S/C10H18N2O3/c13-8-5-12(6-9(8)14)10(15)7-2-1-3-11-4-7/h7-9,11,13-14H,1-6H2/t7-,8?,9?/m1/s1. The van der Waals surface area contributed by atoms with Gasteiger partial charge in [0, 0.05) is 19.6 Å². The number of amides is 1. The molecule has 2 unspecified atom stereocenters. The Morgan fingerprint density at radius 3 is 2.47 bits per heavy atom. The first-order valence-corrected chi connectivity index (χ1v) is 5.54. The summed E-state index contributed by atoms with van der Waals surface area (Å²) in [7, 11) is 0. The molecule has 2 rings (SSSR count). The number of piperidine rings is 1. The van der Waals surface area contributed by atoms with E-state index in [1.165, 1.54) is 0 Å². The number of β-amino-alcohol motifs (C(OH)–C–C–N with tert-alkyl or cyclic N) is 2. The van der Waals surface area contributed by atoms with Gasteiger partial charge in [0.1, 0.15) is 0 Å². The minimum absolute atomic E-state index is 0.0243. The van der Waals surface area contributed by atoms with E-state index in [-0.39, 0.29) is 24.9 Å². The molecule has 0 aromatic rings. The summed E-state index contributed by atoms with van der Waals surface area (Å²) >= 11 is 0. The summed E-state index contributed by atoms with van der Waals surface area (Å²) in [6, 6.07) is 0. The van der Waals surface area contributed by atoms with E-state index in [4.69, 9.17) is 0 Å². The van der Waals surface area contributed by atoms with Gasteiger partial charge < -0.3 is 20.4 Å². The van der Waals surface area contributed by atoms with Crippen molar-refractivity contribution < 1.29 is 15.0 Å². The third-order valence-corrected chi connectivity index (χ3v) is 3.22. The van der Waals surface area contributed by atoms with Crippen LogP contribution in [0.3, 0.4) is 0 Å². The van der Waals surface area contributed by atoms with E-state index in [0.29, 0.717) is 0 Å². The first kappa shape index (κ1) is 10.9. The molecule has 2 heterocycles. The highest BCUT2D eigenvalue weighted by Gasteiger charge is 2.35. The fourth-order valence-electron chi connectivity index (χ4n) is 2.27. The van der Waals surface area contributed by atoms with Crippen molar-refractivity contribution in [2.45, 2.75) is 25.0 Å². The first-order chi connectivity index (χ1) is 7.18. The second-order valence-corrected chi connectivity index (χ2v) is 4.42. The highest BCUT2D eigenvalue weighted by molar-refractivity contribution is 5.79. The van der Waals surface area contributed by atoms with Gasteiger partial charge in [0.2, 0.25) is 5.91 Å². The maximum Gasteiger partial charge on any atom is 0.227 e. The third kappa shape index (κ3) is 2.30. The fraction of sp³-hybridized carbons (Fsp3) is 0.900. The topological polar surface area (TPSA) is 72.8 Å². The Balaban J connectivity index is 1.90. The molecule has 2 aliphatic heterocycles. The molecule has 86 valence electrons. The highest BCUT2D eigenvalue weighted by atomic mass is 16.3. The molecule has 15 heavy (non-hydrogen) atoms. The van der Waals surface area contributed by atoms with Crippen LogP contribution in [0.25, 0.3) is 0 Å². The summed E-state index contributed by atoms with van der Waals surface area (Å²) in [5.74, 6) is 0.0917. The van der Waals surface area contributed by atoms with Gasteiger partial charge in [-0.05, 0) is 19.4 Å². The number of rotatable bonds is 1. The van der Waals surface area contributed by atoms with Crippen LogP contribution in [0.5, 0.6) is 0 Å². The first-order valence-electron chi connectivity index (χ1n) is 5.54. The average molecular weight is 214 g/mol. The summed E-state index contributed by atoms with van der Waals surface area (Å²) < 4.78 is 0. The maximum atomic E-state index is 12.0. The van der Waals surface area contributed by atoms with Crippen molar-refractivity contribution in [1.29, 1.82) is 0 Å². The van der Waals surface area contributed by atoms with Crippen molar-refractivity contribution in [2.75, 3.05) is 26.2 Å². The molecular formula is C10H18N2O3. The van der Waals surface area contributed by atoms with E-state index in [2.05, 4.69) is 5.32 Å². The fourth-order valence-corrected chi connectivity index (χ4v) is 2.27. The van der Waals surface area contributed by atoms with Crippen LogP contribution in [-0.4, -0.2) is 59.4 Å². The minimum atomic E-state index is -0.773. The molecule has 2 aliphatic rings. The number of aliphatic hydroxyl groups is 2. The minimum Gasteiger partial charge on any atom is -0.388 e. The van der Waals surface area contributed by atoms with Gasteiger partial charge in [-0.2, -0.15) is 0 Å². The number of hydrogen-bond acceptors (Lipinski definition) is 4. The number of aliphatic hydroxyl groups excluding tert-OH is 2. The van der Waals surface area contributed by atoms with Gasteiger partial charge in [-0.15, -0.1) is 0 Å². The van der Waals surface area contributed by atoms with E-state index >= 15 is 0 Å². The Hall–Kier alpha value is -0.650. The Labute approximate surface area is 89.1 Å². The van der Waals surface area contributed by atoms with Crippen LogP contribution < -0.4 is 5.32 Å². The molecule has 3 atom stereocenters. The average Bonchev–Trinajstić information content (AvgIpc) is 2.59. The smallest absolute Gasteiger partial charge is 0.227 e. The number of hydrogen-bond donors (Lipinski definition) is 3. The van der Waals surface area contributed by atoms with E-state index in [1.807, 2.05) is 0 Å². The van der Waals surface area contributed by atoms with Crippen molar-refractivity contribution in [3.8, 4) is 0 Å². The molecule has 5 nitrogen and oxygen atoms in total. The van der Waals surface area contributed by atoms with Crippen molar-refractivity contribution in [3.05, 3.63) is 0 Å². The second-order valence-electron chi connectivity index (χ2n) is 4.42. The molecule has 0 aliphatic carbocycles. The van der Waals surface area contributed by atoms with Gasteiger partial charge in [0.15, 0.2) is 0 Å². The van der Waals surface area contributed by atoms with Crippen molar-refractivity contribution >= 4 is 5.91 Å². The van der Waals surface area contributed by atoms with Gasteiger partial charge in [-0.25, -0.2) is 0 Å². The third-order valence-electron chi connectivity index (χ3n) is 3.22. The summed E-state index contributed by atoms with van der Waals surface area (Å²) in [5.41, 5.74) is 0. The molecule has 0 spiro atoms. The number of nitrogens with one attached hydrogen (secondary N) is 1. The molecule has 0 aromatic carbocycles. The van der Waals surface area contributed by atoms with E-state index < -0.39 is 12.2 Å². The lowest BCUT2D eigenvalue weighted by atomic mass is 9.98. The maximum absolute atomic E-state index is 12.0. The van der Waals surface area contributed by atoms with Gasteiger partial charge in [0.25, 0.3) is 0 Å². The van der Waals surface area contributed by atoms with E-state index in [0.717, 1.165) is 25.9 Å². The normalized spacial score (nSPS) is 36.9. The monoisotopic (exact) mass is 214 g/mol. The molecular weight excluding hydrogens is 196 g/mol. The predicted molar refractivity (Wildman–Crippen MR) is 54.2 cm³/mol. The molecule has 5 heteroatoms. The van der Waals surface area contributed by atoms with Crippen LogP contribution >= 0.6 is 0 Å². The number of nitrogens with zero attached hydrogens (tertiary/aromatic N) is 1. The van der Waals surface area contributed by atoms with Crippen LogP contribution in [0.1, 0.15) is 12.8 Å². The van der Waals surface area contributed by atoms with E-state index in [1.54, 1.807) is 4.90 Å². The summed E-state index contributed by atoms with van der Waals surface area (Å²) in [6.07, 6.45) is 0.389. The van der Waals surface area contributed by atoms with Gasteiger partial charge >= 0.3 is 0 Å². The Kier molecular flexibility index (Phi) is 3.23. The lowest BCUT2D eigenvalue weighted by Crippen LogP contribution is -2.42. The zero-order chi connectivity index (χ0) is 10.8. The Morgan fingerprint density at radius 2 is 1.93 bits per heavy atom.